The average molecular weight is 371 g/mol. The molecule has 0 aliphatic heterocycles. The Bertz CT molecular complexity index is 797. The van der Waals surface area contributed by atoms with Gasteiger partial charge in [0, 0.05) is 11.6 Å². The topological polar surface area (TPSA) is 111 Å². The lowest BCUT2D eigenvalue weighted by Gasteiger charge is -2.12. The van der Waals surface area contributed by atoms with Gasteiger partial charge in [-0.3, -0.25) is 14.9 Å². The van der Waals surface area contributed by atoms with Crippen LogP contribution in [-0.2, 0) is 20.7 Å². The van der Waals surface area contributed by atoms with Gasteiger partial charge in [0.25, 0.3) is 5.91 Å². The largest absolute Gasteiger partial charge is 0.455 e. The molecule has 8 nitrogen and oxygen atoms in total. The predicted molar refractivity (Wildman–Crippen MR) is 95.5 cm³/mol. The summed E-state index contributed by atoms with van der Waals surface area (Å²) < 4.78 is 10.2. The SMILES string of the molecule is O=C(COC(=O)Cc1coc(-c2ccccc2)n1)NC(=O)NC1CCCC1. The van der Waals surface area contributed by atoms with Gasteiger partial charge in [0.05, 0.1) is 12.1 Å². The molecular weight excluding hydrogens is 350 g/mol. The predicted octanol–water partition coefficient (Wildman–Crippen LogP) is 2.20. The van der Waals surface area contributed by atoms with Crippen LogP contribution in [0.3, 0.4) is 0 Å². The maximum absolute atomic E-state index is 11.8. The van der Waals surface area contributed by atoms with Crippen LogP contribution in [0.4, 0.5) is 4.79 Å². The van der Waals surface area contributed by atoms with Crippen molar-refractivity contribution in [2.75, 3.05) is 6.61 Å². The summed E-state index contributed by atoms with van der Waals surface area (Å²) in [6, 6.07) is 8.82. The van der Waals surface area contributed by atoms with E-state index < -0.39 is 24.5 Å². The molecule has 3 rings (SSSR count). The van der Waals surface area contributed by atoms with Crippen molar-refractivity contribution in [1.29, 1.82) is 0 Å². The van der Waals surface area contributed by atoms with Crippen molar-refractivity contribution in [3.8, 4) is 11.5 Å². The third-order valence-electron chi connectivity index (χ3n) is 4.21. The number of oxazole rings is 1. The minimum absolute atomic E-state index is 0.103. The average Bonchev–Trinajstić information content (AvgIpc) is 3.33. The van der Waals surface area contributed by atoms with Crippen LogP contribution in [-0.4, -0.2) is 35.5 Å². The highest BCUT2D eigenvalue weighted by molar-refractivity contribution is 5.95. The van der Waals surface area contributed by atoms with Crippen molar-refractivity contribution in [2.24, 2.45) is 0 Å². The van der Waals surface area contributed by atoms with Gasteiger partial charge < -0.3 is 14.5 Å². The molecule has 1 aromatic heterocycles. The molecule has 1 aliphatic carbocycles. The number of aromatic nitrogens is 1. The van der Waals surface area contributed by atoms with E-state index in [2.05, 4.69) is 15.6 Å². The van der Waals surface area contributed by atoms with Crippen molar-refractivity contribution in [1.82, 2.24) is 15.6 Å². The van der Waals surface area contributed by atoms with Gasteiger partial charge in [-0.25, -0.2) is 9.78 Å². The maximum atomic E-state index is 11.8. The second kappa shape index (κ2) is 8.98. The highest BCUT2D eigenvalue weighted by Crippen LogP contribution is 2.18. The van der Waals surface area contributed by atoms with Crippen LogP contribution in [0.2, 0.25) is 0 Å². The van der Waals surface area contributed by atoms with Crippen LogP contribution in [0.5, 0.6) is 0 Å². The number of carbonyl (C=O) groups excluding carboxylic acids is 3. The number of esters is 1. The molecule has 1 saturated carbocycles. The molecule has 0 bridgehead atoms. The van der Waals surface area contributed by atoms with Gasteiger partial charge >= 0.3 is 12.0 Å². The van der Waals surface area contributed by atoms with Gasteiger partial charge in [-0.1, -0.05) is 31.0 Å². The van der Waals surface area contributed by atoms with Gasteiger partial charge in [0.1, 0.15) is 6.26 Å². The smallest absolute Gasteiger partial charge is 0.321 e. The number of hydrogen-bond acceptors (Lipinski definition) is 6. The summed E-state index contributed by atoms with van der Waals surface area (Å²) in [5.74, 6) is -0.905. The van der Waals surface area contributed by atoms with E-state index >= 15 is 0 Å². The Kier molecular flexibility index (Phi) is 6.19. The molecule has 2 aromatic rings. The Morgan fingerprint density at radius 3 is 2.63 bits per heavy atom. The van der Waals surface area contributed by atoms with E-state index in [9.17, 15) is 14.4 Å². The van der Waals surface area contributed by atoms with Crippen LogP contribution in [0, 0.1) is 0 Å². The molecule has 0 atom stereocenters. The summed E-state index contributed by atoms with van der Waals surface area (Å²) in [4.78, 5) is 39.4. The van der Waals surface area contributed by atoms with E-state index in [1.165, 1.54) is 6.26 Å². The number of amides is 3. The van der Waals surface area contributed by atoms with E-state index in [0.29, 0.717) is 11.6 Å². The molecule has 1 aliphatic rings. The lowest BCUT2D eigenvalue weighted by molar-refractivity contribution is -0.147. The molecule has 8 heteroatoms. The molecule has 3 amide bonds. The quantitative estimate of drug-likeness (QED) is 0.753. The summed E-state index contributed by atoms with van der Waals surface area (Å²) in [5.41, 5.74) is 1.20. The first-order valence-electron chi connectivity index (χ1n) is 8.86. The number of ether oxygens (including phenoxy) is 1. The van der Waals surface area contributed by atoms with Crippen LogP contribution in [0.25, 0.3) is 11.5 Å². The molecule has 2 N–H and O–H groups in total. The van der Waals surface area contributed by atoms with Crippen molar-refractivity contribution in [2.45, 2.75) is 38.1 Å². The Morgan fingerprint density at radius 1 is 1.15 bits per heavy atom. The van der Waals surface area contributed by atoms with E-state index in [0.717, 1.165) is 31.2 Å². The fourth-order valence-corrected chi connectivity index (χ4v) is 2.90. The zero-order valence-electron chi connectivity index (χ0n) is 14.8. The van der Waals surface area contributed by atoms with Gasteiger partial charge in [-0.2, -0.15) is 0 Å². The lowest BCUT2D eigenvalue weighted by Crippen LogP contribution is -2.45. The number of carbonyl (C=O) groups is 3. The number of nitrogens with one attached hydrogen (secondary N) is 2. The first-order chi connectivity index (χ1) is 13.1. The normalized spacial score (nSPS) is 13.9. The Hall–Kier alpha value is -3.16. The van der Waals surface area contributed by atoms with Crippen molar-refractivity contribution >= 4 is 17.9 Å². The minimum atomic E-state index is -0.677. The molecule has 0 radical (unpaired) electrons. The van der Waals surface area contributed by atoms with Crippen LogP contribution in [0.15, 0.2) is 41.0 Å². The second-order valence-electron chi connectivity index (χ2n) is 6.35. The standard InChI is InChI=1S/C19H21N3O5/c23-16(22-19(25)21-14-8-4-5-9-14)12-26-17(24)10-15-11-27-18(20-15)13-6-2-1-3-7-13/h1-3,6-7,11,14H,4-5,8-10,12H2,(H2,21,22,23,25). The summed E-state index contributed by atoms with van der Waals surface area (Å²) in [7, 11) is 0. The molecule has 0 unspecified atom stereocenters. The lowest BCUT2D eigenvalue weighted by atomic mass is 10.2. The fourth-order valence-electron chi connectivity index (χ4n) is 2.90. The Balaban J connectivity index is 1.39. The molecule has 142 valence electrons. The van der Waals surface area contributed by atoms with Gasteiger partial charge in [-0.05, 0) is 25.0 Å². The van der Waals surface area contributed by atoms with E-state index in [1.807, 2.05) is 30.3 Å². The zero-order chi connectivity index (χ0) is 19.1. The first kappa shape index (κ1) is 18.6. The third kappa shape index (κ3) is 5.67. The number of hydrogen-bond donors (Lipinski definition) is 2. The van der Waals surface area contributed by atoms with E-state index in [4.69, 9.17) is 9.15 Å². The Labute approximate surface area is 156 Å². The summed E-state index contributed by atoms with van der Waals surface area (Å²) in [6.45, 7) is -0.527. The van der Waals surface area contributed by atoms with Crippen LogP contribution in [0.1, 0.15) is 31.4 Å². The molecule has 0 saturated heterocycles. The molecular formula is C19H21N3O5. The molecule has 0 spiro atoms. The molecule has 27 heavy (non-hydrogen) atoms. The highest BCUT2D eigenvalue weighted by atomic mass is 16.5. The zero-order valence-corrected chi connectivity index (χ0v) is 14.8. The fraction of sp³-hybridized carbons (Fsp3) is 0.368. The van der Waals surface area contributed by atoms with Gasteiger partial charge in [0.15, 0.2) is 6.61 Å². The van der Waals surface area contributed by atoms with Crippen LogP contribution >= 0.6 is 0 Å². The number of urea groups is 1. The van der Waals surface area contributed by atoms with Crippen LogP contribution < -0.4 is 10.6 Å². The van der Waals surface area contributed by atoms with E-state index in [1.54, 1.807) is 0 Å². The second-order valence-corrected chi connectivity index (χ2v) is 6.35. The van der Waals surface area contributed by atoms with Gasteiger partial charge in [0.2, 0.25) is 5.89 Å². The number of imide groups is 1. The van der Waals surface area contributed by atoms with E-state index in [-0.39, 0.29) is 12.5 Å². The maximum Gasteiger partial charge on any atom is 0.321 e. The molecule has 1 heterocycles. The summed E-state index contributed by atoms with van der Waals surface area (Å²) >= 11 is 0. The van der Waals surface area contributed by atoms with Crippen molar-refractivity contribution < 1.29 is 23.5 Å². The first-order valence-corrected chi connectivity index (χ1v) is 8.86. The Morgan fingerprint density at radius 2 is 1.89 bits per heavy atom. The van der Waals surface area contributed by atoms with Crippen molar-refractivity contribution in [3.63, 3.8) is 0 Å². The monoisotopic (exact) mass is 371 g/mol. The van der Waals surface area contributed by atoms with Gasteiger partial charge in [-0.15, -0.1) is 0 Å². The number of rotatable bonds is 6. The third-order valence-corrected chi connectivity index (χ3v) is 4.21. The van der Waals surface area contributed by atoms with Crippen molar-refractivity contribution in [3.05, 3.63) is 42.3 Å². The number of nitrogens with zero attached hydrogens (tertiary/aromatic N) is 1. The molecule has 1 fully saturated rings. The molecule has 1 aromatic carbocycles. The summed E-state index contributed by atoms with van der Waals surface area (Å²) in [6.07, 6.45) is 5.23. The summed E-state index contributed by atoms with van der Waals surface area (Å²) in [5, 5.41) is 4.87. The minimum Gasteiger partial charge on any atom is -0.455 e. The highest BCUT2D eigenvalue weighted by Gasteiger charge is 2.19. The number of benzene rings is 1.